The van der Waals surface area contributed by atoms with Crippen LogP contribution in [0, 0.1) is 0 Å². The first-order valence-corrected chi connectivity index (χ1v) is 7.86. The van der Waals surface area contributed by atoms with E-state index in [1.54, 1.807) is 0 Å². The lowest BCUT2D eigenvalue weighted by Gasteiger charge is -2.24. The highest BCUT2D eigenvalue weighted by Gasteiger charge is 2.37. The van der Waals surface area contributed by atoms with Gasteiger partial charge in [-0.3, -0.25) is 4.79 Å². The van der Waals surface area contributed by atoms with Gasteiger partial charge in [-0.2, -0.15) is 0 Å². The summed E-state index contributed by atoms with van der Waals surface area (Å²) in [6.45, 7) is 0.541. The van der Waals surface area contributed by atoms with Gasteiger partial charge in [0, 0.05) is 40.7 Å². The average molecular weight is 311 g/mol. The summed E-state index contributed by atoms with van der Waals surface area (Å²) in [5.74, 6) is 0.491. The number of carbonyl (C=O) groups excluding carboxylic acids is 1. The Bertz CT molecular complexity index is 855. The van der Waals surface area contributed by atoms with Crippen LogP contribution in [0.4, 0.5) is 0 Å². The predicted octanol–water partition coefficient (Wildman–Crippen LogP) is 3.95. The smallest absolute Gasteiger partial charge is 0.255 e. The topological polar surface area (TPSA) is 36.1 Å². The van der Waals surface area contributed by atoms with Crippen molar-refractivity contribution in [3.63, 3.8) is 0 Å². The largest absolute Gasteiger partial charge is 0.361 e. The van der Waals surface area contributed by atoms with E-state index >= 15 is 0 Å². The van der Waals surface area contributed by atoms with Crippen LogP contribution in [0.5, 0.6) is 0 Å². The van der Waals surface area contributed by atoms with E-state index in [4.69, 9.17) is 11.6 Å². The number of carbonyl (C=O) groups is 1. The van der Waals surface area contributed by atoms with Crippen LogP contribution >= 0.6 is 11.6 Å². The molecule has 1 N–H and O–H groups in total. The molecule has 110 valence electrons. The minimum atomic E-state index is -0.0707. The number of nitrogens with zero attached hydrogens (tertiary/aromatic N) is 1. The number of nitrogens with one attached hydrogen (secondary N) is 1. The monoisotopic (exact) mass is 310 g/mol. The van der Waals surface area contributed by atoms with Crippen LogP contribution in [0.15, 0.2) is 54.7 Å². The summed E-state index contributed by atoms with van der Waals surface area (Å²) in [5, 5.41) is 1.15. The maximum atomic E-state index is 12.7. The second-order valence-corrected chi connectivity index (χ2v) is 5.84. The molecule has 3 aromatic rings. The number of benzene rings is 2. The zero-order valence-corrected chi connectivity index (χ0v) is 12.7. The summed E-state index contributed by atoms with van der Waals surface area (Å²) in [6, 6.07) is 15.9. The van der Waals surface area contributed by atoms with Gasteiger partial charge in [0.1, 0.15) is 0 Å². The fourth-order valence-corrected chi connectivity index (χ4v) is 3.53. The fraction of sp³-hybridized carbons (Fsp3) is 0.167. The van der Waals surface area contributed by atoms with Crippen molar-refractivity contribution in [2.24, 2.45) is 0 Å². The average Bonchev–Trinajstić information content (AvgIpc) is 3.09. The van der Waals surface area contributed by atoms with Gasteiger partial charge in [-0.15, -0.1) is 11.6 Å². The first-order valence-electron chi connectivity index (χ1n) is 7.33. The molecule has 1 aliphatic heterocycles. The molecule has 0 saturated carbocycles. The molecule has 0 radical (unpaired) electrons. The molecule has 1 aliphatic rings. The molecule has 0 fully saturated rings. The minimum absolute atomic E-state index is 0.0616. The van der Waals surface area contributed by atoms with Crippen molar-refractivity contribution in [2.45, 2.75) is 6.04 Å². The lowest BCUT2D eigenvalue weighted by atomic mass is 9.97. The molecule has 0 spiro atoms. The number of alkyl halides is 1. The molecule has 2 heterocycles. The highest BCUT2D eigenvalue weighted by Crippen LogP contribution is 2.40. The van der Waals surface area contributed by atoms with Gasteiger partial charge in [-0.05, 0) is 17.7 Å². The van der Waals surface area contributed by atoms with E-state index in [9.17, 15) is 4.79 Å². The quantitative estimate of drug-likeness (QED) is 0.731. The number of hydrogen-bond acceptors (Lipinski definition) is 1. The first-order chi connectivity index (χ1) is 10.8. The van der Waals surface area contributed by atoms with Crippen LogP contribution in [0.25, 0.3) is 10.9 Å². The second kappa shape index (κ2) is 5.18. The fourth-order valence-electron chi connectivity index (χ4n) is 3.35. The zero-order chi connectivity index (χ0) is 15.1. The molecule has 4 rings (SSSR count). The molecule has 22 heavy (non-hydrogen) atoms. The van der Waals surface area contributed by atoms with Crippen molar-refractivity contribution in [1.82, 2.24) is 9.88 Å². The normalized spacial score (nSPS) is 17.2. The summed E-state index contributed by atoms with van der Waals surface area (Å²) in [4.78, 5) is 17.9. The van der Waals surface area contributed by atoms with Crippen molar-refractivity contribution >= 4 is 28.4 Å². The third kappa shape index (κ3) is 1.86. The SMILES string of the molecule is O=C1c2ccccc2[C@@H](c2c[nH]c3ccccc23)N1CCCl. The summed E-state index contributed by atoms with van der Waals surface area (Å²) in [6.07, 6.45) is 2.01. The molecule has 0 bridgehead atoms. The molecular weight excluding hydrogens is 296 g/mol. The van der Waals surface area contributed by atoms with E-state index < -0.39 is 0 Å². The van der Waals surface area contributed by atoms with Gasteiger partial charge < -0.3 is 9.88 Å². The zero-order valence-electron chi connectivity index (χ0n) is 11.9. The van der Waals surface area contributed by atoms with Gasteiger partial charge in [0.15, 0.2) is 0 Å². The Balaban J connectivity index is 1.93. The van der Waals surface area contributed by atoms with Gasteiger partial charge in [-0.1, -0.05) is 36.4 Å². The molecule has 2 aromatic carbocycles. The lowest BCUT2D eigenvalue weighted by molar-refractivity contribution is 0.0761. The van der Waals surface area contributed by atoms with Crippen molar-refractivity contribution < 1.29 is 4.79 Å². The Hall–Kier alpha value is -2.26. The summed E-state index contributed by atoms with van der Waals surface area (Å²) in [7, 11) is 0. The van der Waals surface area contributed by atoms with Crippen molar-refractivity contribution in [3.8, 4) is 0 Å². The van der Waals surface area contributed by atoms with E-state index in [1.165, 1.54) is 0 Å². The predicted molar refractivity (Wildman–Crippen MR) is 88.3 cm³/mol. The first kappa shape index (κ1) is 13.4. The molecule has 3 nitrogen and oxygen atoms in total. The number of aromatic nitrogens is 1. The van der Waals surface area contributed by atoms with Gasteiger partial charge in [-0.25, -0.2) is 0 Å². The van der Waals surface area contributed by atoms with Gasteiger partial charge in [0.2, 0.25) is 0 Å². The summed E-state index contributed by atoms with van der Waals surface area (Å²) >= 11 is 5.93. The number of fused-ring (bicyclic) bond motifs is 2. The van der Waals surface area contributed by atoms with Crippen LogP contribution in [0.3, 0.4) is 0 Å². The lowest BCUT2D eigenvalue weighted by Crippen LogP contribution is -2.30. The third-order valence-electron chi connectivity index (χ3n) is 4.30. The van der Waals surface area contributed by atoms with Gasteiger partial charge >= 0.3 is 0 Å². The van der Waals surface area contributed by atoms with Crippen LogP contribution < -0.4 is 0 Å². The van der Waals surface area contributed by atoms with Crippen LogP contribution in [-0.4, -0.2) is 28.2 Å². The minimum Gasteiger partial charge on any atom is -0.361 e. The number of amides is 1. The second-order valence-electron chi connectivity index (χ2n) is 5.47. The van der Waals surface area contributed by atoms with E-state index in [0.717, 1.165) is 27.6 Å². The third-order valence-corrected chi connectivity index (χ3v) is 4.47. The molecule has 0 aliphatic carbocycles. The summed E-state index contributed by atoms with van der Waals surface area (Å²) < 4.78 is 0. The maximum Gasteiger partial charge on any atom is 0.255 e. The Morgan fingerprint density at radius 1 is 1.05 bits per heavy atom. The van der Waals surface area contributed by atoms with Crippen molar-refractivity contribution in [3.05, 3.63) is 71.4 Å². The number of para-hydroxylation sites is 1. The van der Waals surface area contributed by atoms with Crippen LogP contribution in [0.1, 0.15) is 27.5 Å². The number of aromatic amines is 1. The Labute approximate surface area is 133 Å². The molecule has 0 saturated heterocycles. The van der Waals surface area contributed by atoms with Crippen molar-refractivity contribution in [2.75, 3.05) is 12.4 Å². The number of H-pyrrole nitrogens is 1. The highest BCUT2D eigenvalue weighted by molar-refractivity contribution is 6.18. The van der Waals surface area contributed by atoms with E-state index in [1.807, 2.05) is 53.6 Å². The molecule has 0 unspecified atom stereocenters. The molecule has 4 heteroatoms. The van der Waals surface area contributed by atoms with Gasteiger partial charge in [0.05, 0.1) is 6.04 Å². The Kier molecular flexibility index (Phi) is 3.16. The van der Waals surface area contributed by atoms with E-state index in [0.29, 0.717) is 12.4 Å². The van der Waals surface area contributed by atoms with E-state index in [2.05, 4.69) is 11.1 Å². The maximum absolute atomic E-state index is 12.7. The Morgan fingerprint density at radius 2 is 1.82 bits per heavy atom. The van der Waals surface area contributed by atoms with Crippen molar-refractivity contribution in [1.29, 1.82) is 0 Å². The van der Waals surface area contributed by atoms with Crippen LogP contribution in [0.2, 0.25) is 0 Å². The molecule has 1 atom stereocenters. The van der Waals surface area contributed by atoms with Gasteiger partial charge in [0.25, 0.3) is 5.91 Å². The highest BCUT2D eigenvalue weighted by atomic mass is 35.5. The summed E-state index contributed by atoms with van der Waals surface area (Å²) in [5.41, 5.74) is 4.05. The van der Waals surface area contributed by atoms with Crippen LogP contribution in [-0.2, 0) is 0 Å². The molecule has 1 aromatic heterocycles. The number of rotatable bonds is 3. The molecule has 1 amide bonds. The standard InChI is InChI=1S/C18H15ClN2O/c19-9-10-21-17(13-6-1-2-7-14(13)18(21)22)15-11-20-16-8-4-3-5-12(15)16/h1-8,11,17,20H,9-10H2/t17-/m0/s1. The Morgan fingerprint density at radius 3 is 2.68 bits per heavy atom. The van der Waals surface area contributed by atoms with E-state index in [-0.39, 0.29) is 11.9 Å². The molecular formula is C18H15ClN2O. The number of halogens is 1. The number of hydrogen-bond donors (Lipinski definition) is 1.